The molecule has 0 unspecified atom stereocenters. The monoisotopic (exact) mass is 189 g/mol. The molecule has 2 N–H and O–H groups in total. The van der Waals surface area contributed by atoms with Gasteiger partial charge in [-0.1, -0.05) is 50.3 Å². The van der Waals surface area contributed by atoms with Crippen molar-refractivity contribution in [3.63, 3.8) is 0 Å². The molecule has 0 aliphatic carbocycles. The Morgan fingerprint density at radius 1 is 1.21 bits per heavy atom. The SMILES string of the molecule is C/C=C/c1ccc(C(C)(C)CN)cc1. The molecule has 0 amide bonds. The van der Waals surface area contributed by atoms with Crippen molar-refractivity contribution in [1.29, 1.82) is 0 Å². The predicted molar refractivity (Wildman–Crippen MR) is 63.2 cm³/mol. The van der Waals surface area contributed by atoms with Crippen LogP contribution >= 0.6 is 0 Å². The molecule has 14 heavy (non-hydrogen) atoms. The van der Waals surface area contributed by atoms with Crippen molar-refractivity contribution in [1.82, 2.24) is 0 Å². The van der Waals surface area contributed by atoms with E-state index in [4.69, 9.17) is 5.73 Å². The molecule has 0 bridgehead atoms. The third kappa shape index (κ3) is 2.46. The van der Waals surface area contributed by atoms with Crippen LogP contribution in [0.4, 0.5) is 0 Å². The van der Waals surface area contributed by atoms with Gasteiger partial charge in [-0.15, -0.1) is 0 Å². The van der Waals surface area contributed by atoms with E-state index in [1.54, 1.807) is 0 Å². The van der Waals surface area contributed by atoms with Crippen molar-refractivity contribution >= 4 is 6.08 Å². The first kappa shape index (κ1) is 11.0. The second-order valence-electron chi connectivity index (χ2n) is 4.21. The van der Waals surface area contributed by atoms with Gasteiger partial charge in [0.1, 0.15) is 0 Å². The Kier molecular flexibility index (Phi) is 3.48. The van der Waals surface area contributed by atoms with Crippen molar-refractivity contribution in [2.75, 3.05) is 6.54 Å². The van der Waals surface area contributed by atoms with Gasteiger partial charge in [0.05, 0.1) is 0 Å². The molecule has 0 heterocycles. The highest BCUT2D eigenvalue weighted by Gasteiger charge is 2.17. The highest BCUT2D eigenvalue weighted by molar-refractivity contribution is 5.49. The van der Waals surface area contributed by atoms with Crippen LogP contribution in [0.1, 0.15) is 31.9 Å². The minimum Gasteiger partial charge on any atom is -0.330 e. The summed E-state index contributed by atoms with van der Waals surface area (Å²) in [6, 6.07) is 8.57. The standard InChI is InChI=1S/C13H19N/c1-4-5-11-6-8-12(9-7-11)13(2,3)10-14/h4-9H,10,14H2,1-3H3/b5-4+. The summed E-state index contributed by atoms with van der Waals surface area (Å²) in [5.74, 6) is 0. The number of hydrogen-bond acceptors (Lipinski definition) is 1. The molecule has 1 aromatic carbocycles. The maximum atomic E-state index is 5.72. The van der Waals surface area contributed by atoms with Gasteiger partial charge in [0.25, 0.3) is 0 Å². The van der Waals surface area contributed by atoms with Gasteiger partial charge in [-0.25, -0.2) is 0 Å². The van der Waals surface area contributed by atoms with E-state index in [0.717, 1.165) is 0 Å². The molecule has 0 saturated heterocycles. The molecule has 76 valence electrons. The minimum absolute atomic E-state index is 0.0778. The van der Waals surface area contributed by atoms with Gasteiger partial charge in [0, 0.05) is 12.0 Å². The fraction of sp³-hybridized carbons (Fsp3) is 0.385. The van der Waals surface area contributed by atoms with Crippen molar-refractivity contribution in [3.05, 3.63) is 41.5 Å². The zero-order valence-electron chi connectivity index (χ0n) is 9.25. The van der Waals surface area contributed by atoms with Gasteiger partial charge in [-0.05, 0) is 18.1 Å². The maximum absolute atomic E-state index is 5.72. The number of rotatable bonds is 3. The Balaban J connectivity index is 2.93. The van der Waals surface area contributed by atoms with Crippen molar-refractivity contribution < 1.29 is 0 Å². The second kappa shape index (κ2) is 4.43. The first-order valence-corrected chi connectivity index (χ1v) is 5.03. The molecule has 1 nitrogen and oxygen atoms in total. The van der Waals surface area contributed by atoms with Crippen LogP contribution in [0.15, 0.2) is 30.3 Å². The lowest BCUT2D eigenvalue weighted by Crippen LogP contribution is -2.27. The lowest BCUT2D eigenvalue weighted by molar-refractivity contribution is 0.539. The number of nitrogens with two attached hydrogens (primary N) is 1. The number of allylic oxidation sites excluding steroid dienone is 1. The Bertz CT molecular complexity index is 307. The molecule has 0 aromatic heterocycles. The molecule has 0 fully saturated rings. The molecular weight excluding hydrogens is 170 g/mol. The summed E-state index contributed by atoms with van der Waals surface area (Å²) in [6.45, 7) is 7.03. The average Bonchev–Trinajstić information content (AvgIpc) is 2.19. The smallest absolute Gasteiger partial charge is 0.00190 e. The van der Waals surface area contributed by atoms with E-state index < -0.39 is 0 Å². The van der Waals surface area contributed by atoms with Crippen LogP contribution in [0.5, 0.6) is 0 Å². The molecular formula is C13H19N. The molecule has 0 aliphatic rings. The summed E-state index contributed by atoms with van der Waals surface area (Å²) in [5.41, 5.74) is 8.34. The van der Waals surface area contributed by atoms with Gasteiger partial charge < -0.3 is 5.73 Å². The minimum atomic E-state index is 0.0778. The van der Waals surface area contributed by atoms with Crippen molar-refractivity contribution in [3.8, 4) is 0 Å². The fourth-order valence-electron chi connectivity index (χ4n) is 1.36. The van der Waals surface area contributed by atoms with Crippen LogP contribution in [-0.2, 0) is 5.41 Å². The van der Waals surface area contributed by atoms with E-state index in [0.29, 0.717) is 6.54 Å². The molecule has 0 saturated carbocycles. The van der Waals surface area contributed by atoms with Crippen LogP contribution in [-0.4, -0.2) is 6.54 Å². The lowest BCUT2D eigenvalue weighted by atomic mass is 9.84. The van der Waals surface area contributed by atoms with Gasteiger partial charge >= 0.3 is 0 Å². The van der Waals surface area contributed by atoms with E-state index in [1.165, 1.54) is 11.1 Å². The molecule has 0 radical (unpaired) electrons. The fourth-order valence-corrected chi connectivity index (χ4v) is 1.36. The molecule has 1 rings (SSSR count). The molecule has 0 spiro atoms. The summed E-state index contributed by atoms with van der Waals surface area (Å²) >= 11 is 0. The van der Waals surface area contributed by atoms with E-state index in [-0.39, 0.29) is 5.41 Å². The molecule has 1 heteroatoms. The molecule has 0 atom stereocenters. The van der Waals surface area contributed by atoms with Gasteiger partial charge in [0.2, 0.25) is 0 Å². The first-order valence-electron chi connectivity index (χ1n) is 5.03. The Morgan fingerprint density at radius 2 is 1.79 bits per heavy atom. The van der Waals surface area contributed by atoms with Gasteiger partial charge in [-0.3, -0.25) is 0 Å². The van der Waals surface area contributed by atoms with Crippen LogP contribution in [0.3, 0.4) is 0 Å². The van der Waals surface area contributed by atoms with E-state index >= 15 is 0 Å². The topological polar surface area (TPSA) is 26.0 Å². The Hall–Kier alpha value is -1.08. The third-order valence-corrected chi connectivity index (χ3v) is 2.56. The summed E-state index contributed by atoms with van der Waals surface area (Å²) in [4.78, 5) is 0. The maximum Gasteiger partial charge on any atom is 0.00190 e. The van der Waals surface area contributed by atoms with E-state index in [2.05, 4.69) is 44.2 Å². The predicted octanol–water partition coefficient (Wildman–Crippen LogP) is 2.96. The Morgan fingerprint density at radius 3 is 2.21 bits per heavy atom. The number of hydrogen-bond donors (Lipinski definition) is 1. The second-order valence-corrected chi connectivity index (χ2v) is 4.21. The highest BCUT2D eigenvalue weighted by Crippen LogP contribution is 2.22. The van der Waals surface area contributed by atoms with Gasteiger partial charge in [-0.2, -0.15) is 0 Å². The van der Waals surface area contributed by atoms with Crippen LogP contribution < -0.4 is 5.73 Å². The molecule has 1 aromatic rings. The normalized spacial score (nSPS) is 12.3. The summed E-state index contributed by atoms with van der Waals surface area (Å²) < 4.78 is 0. The zero-order chi connectivity index (χ0) is 10.6. The first-order chi connectivity index (χ1) is 6.60. The third-order valence-electron chi connectivity index (χ3n) is 2.56. The Labute approximate surface area is 86.6 Å². The van der Waals surface area contributed by atoms with Crippen LogP contribution in [0.25, 0.3) is 6.08 Å². The summed E-state index contributed by atoms with van der Waals surface area (Å²) in [7, 11) is 0. The van der Waals surface area contributed by atoms with E-state index in [1.807, 2.05) is 13.0 Å². The summed E-state index contributed by atoms with van der Waals surface area (Å²) in [5, 5.41) is 0. The van der Waals surface area contributed by atoms with E-state index in [9.17, 15) is 0 Å². The quantitative estimate of drug-likeness (QED) is 0.777. The summed E-state index contributed by atoms with van der Waals surface area (Å²) in [6.07, 6.45) is 4.14. The van der Waals surface area contributed by atoms with Gasteiger partial charge in [0.15, 0.2) is 0 Å². The van der Waals surface area contributed by atoms with Crippen LogP contribution in [0, 0.1) is 0 Å². The average molecular weight is 189 g/mol. The highest BCUT2D eigenvalue weighted by atomic mass is 14.6. The number of benzene rings is 1. The zero-order valence-corrected chi connectivity index (χ0v) is 9.25. The van der Waals surface area contributed by atoms with Crippen molar-refractivity contribution in [2.24, 2.45) is 5.73 Å². The molecule has 0 aliphatic heterocycles. The van der Waals surface area contributed by atoms with Crippen LogP contribution in [0.2, 0.25) is 0 Å². The van der Waals surface area contributed by atoms with Crippen molar-refractivity contribution in [2.45, 2.75) is 26.2 Å². The lowest BCUT2D eigenvalue weighted by Gasteiger charge is -2.22. The largest absolute Gasteiger partial charge is 0.330 e.